The quantitative estimate of drug-likeness (QED) is 0.547. The van der Waals surface area contributed by atoms with Crippen LogP contribution in [0, 0.1) is 0 Å². The number of benzene rings is 2. The summed E-state index contributed by atoms with van der Waals surface area (Å²) in [6.07, 6.45) is 3.43. The van der Waals surface area contributed by atoms with Crippen LogP contribution in [0.4, 0.5) is 16.2 Å². The van der Waals surface area contributed by atoms with E-state index in [1.807, 2.05) is 54.6 Å². The predicted molar refractivity (Wildman–Crippen MR) is 108 cm³/mol. The Kier molecular flexibility index (Phi) is 6.22. The summed E-state index contributed by atoms with van der Waals surface area (Å²) in [4.78, 5) is 16.0. The van der Waals surface area contributed by atoms with E-state index in [-0.39, 0.29) is 6.03 Å². The summed E-state index contributed by atoms with van der Waals surface area (Å²) in [6, 6.07) is 19.2. The normalized spacial score (nSPS) is 10.2. The Balaban J connectivity index is 1.48. The monoisotopic (exact) mass is 410 g/mol. The van der Waals surface area contributed by atoms with Crippen LogP contribution in [0.2, 0.25) is 0 Å². The Hall–Kier alpha value is -2.86. The first-order valence-electron chi connectivity index (χ1n) is 8.22. The zero-order valence-corrected chi connectivity index (χ0v) is 15.7. The number of amides is 2. The largest absolute Gasteiger partial charge is 0.381 e. The minimum absolute atomic E-state index is 0.247. The molecule has 3 rings (SSSR count). The highest BCUT2D eigenvalue weighted by Crippen LogP contribution is 2.19. The molecular formula is C20H19BrN4O. The number of nitrogens with zero attached hydrogens (tertiary/aromatic N) is 1. The van der Waals surface area contributed by atoms with Crippen molar-refractivity contribution in [3.05, 3.63) is 88.7 Å². The third-order valence-electron chi connectivity index (χ3n) is 3.76. The molecule has 26 heavy (non-hydrogen) atoms. The van der Waals surface area contributed by atoms with E-state index < -0.39 is 0 Å². The minimum Gasteiger partial charge on any atom is -0.381 e. The van der Waals surface area contributed by atoms with Crippen molar-refractivity contribution in [3.8, 4) is 0 Å². The molecule has 0 bridgehead atoms. The van der Waals surface area contributed by atoms with Crippen molar-refractivity contribution in [2.24, 2.45) is 0 Å². The van der Waals surface area contributed by atoms with Gasteiger partial charge in [0.05, 0.1) is 0 Å². The average molecular weight is 411 g/mol. The summed E-state index contributed by atoms with van der Waals surface area (Å²) in [5.74, 6) is 0. The first-order chi connectivity index (χ1) is 12.7. The van der Waals surface area contributed by atoms with Gasteiger partial charge in [0, 0.05) is 41.3 Å². The number of urea groups is 1. The number of pyridine rings is 1. The van der Waals surface area contributed by atoms with Gasteiger partial charge in [0.15, 0.2) is 0 Å². The molecule has 0 aliphatic rings. The van der Waals surface area contributed by atoms with Gasteiger partial charge in [-0.05, 0) is 47.5 Å². The van der Waals surface area contributed by atoms with Crippen LogP contribution in [0.25, 0.3) is 0 Å². The van der Waals surface area contributed by atoms with Gasteiger partial charge in [-0.25, -0.2) is 4.79 Å². The second kappa shape index (κ2) is 9.01. The van der Waals surface area contributed by atoms with Crippen molar-refractivity contribution in [1.82, 2.24) is 10.3 Å². The van der Waals surface area contributed by atoms with Crippen LogP contribution in [-0.2, 0) is 13.1 Å². The molecule has 2 aromatic carbocycles. The van der Waals surface area contributed by atoms with Gasteiger partial charge in [-0.15, -0.1) is 0 Å². The fourth-order valence-electron chi connectivity index (χ4n) is 2.37. The number of anilines is 2. The average Bonchev–Trinajstić information content (AvgIpc) is 2.68. The Labute approximate surface area is 161 Å². The fraction of sp³-hybridized carbons (Fsp3) is 0.100. The molecule has 0 unspecified atom stereocenters. The number of rotatable bonds is 6. The summed E-state index contributed by atoms with van der Waals surface area (Å²) in [5, 5.41) is 8.98. The summed E-state index contributed by atoms with van der Waals surface area (Å²) in [7, 11) is 0. The first-order valence-corrected chi connectivity index (χ1v) is 9.01. The summed E-state index contributed by atoms with van der Waals surface area (Å²) in [5.41, 5.74) is 3.86. The van der Waals surface area contributed by atoms with E-state index in [0.717, 1.165) is 28.0 Å². The maximum absolute atomic E-state index is 12.0. The lowest BCUT2D eigenvalue weighted by Gasteiger charge is -2.10. The van der Waals surface area contributed by atoms with Gasteiger partial charge < -0.3 is 16.0 Å². The van der Waals surface area contributed by atoms with E-state index in [1.165, 1.54) is 5.56 Å². The van der Waals surface area contributed by atoms with Gasteiger partial charge >= 0.3 is 6.03 Å². The van der Waals surface area contributed by atoms with Crippen molar-refractivity contribution in [2.75, 3.05) is 10.6 Å². The van der Waals surface area contributed by atoms with E-state index in [1.54, 1.807) is 12.4 Å². The number of halogens is 1. The molecule has 0 aliphatic heterocycles. The summed E-state index contributed by atoms with van der Waals surface area (Å²) < 4.78 is 1.08. The molecule has 3 aromatic rings. The molecule has 1 heterocycles. The van der Waals surface area contributed by atoms with E-state index in [0.29, 0.717) is 6.54 Å². The van der Waals surface area contributed by atoms with Crippen LogP contribution < -0.4 is 16.0 Å². The topological polar surface area (TPSA) is 66.0 Å². The van der Waals surface area contributed by atoms with E-state index in [4.69, 9.17) is 0 Å². The molecule has 1 aromatic heterocycles. The molecule has 0 atom stereocenters. The van der Waals surface area contributed by atoms with Crippen molar-refractivity contribution in [3.63, 3.8) is 0 Å². The molecule has 0 radical (unpaired) electrons. The highest BCUT2D eigenvalue weighted by molar-refractivity contribution is 9.10. The van der Waals surface area contributed by atoms with Crippen LogP contribution in [0.1, 0.15) is 11.1 Å². The SMILES string of the molecule is O=C(NCc1cccnc1)Nc1ccc(NCc2ccccc2Br)cc1. The minimum atomic E-state index is -0.247. The van der Waals surface area contributed by atoms with Gasteiger partial charge in [-0.2, -0.15) is 0 Å². The summed E-state index contributed by atoms with van der Waals surface area (Å²) in [6.45, 7) is 1.16. The van der Waals surface area contributed by atoms with E-state index in [9.17, 15) is 4.79 Å². The van der Waals surface area contributed by atoms with Crippen LogP contribution >= 0.6 is 15.9 Å². The lowest BCUT2D eigenvalue weighted by Crippen LogP contribution is -2.28. The molecule has 0 saturated carbocycles. The smallest absolute Gasteiger partial charge is 0.319 e. The number of aromatic nitrogens is 1. The molecule has 5 nitrogen and oxygen atoms in total. The van der Waals surface area contributed by atoms with Gasteiger partial charge in [0.25, 0.3) is 0 Å². The van der Waals surface area contributed by atoms with Crippen molar-refractivity contribution in [2.45, 2.75) is 13.1 Å². The third kappa shape index (κ3) is 5.32. The van der Waals surface area contributed by atoms with Gasteiger partial charge in [0.1, 0.15) is 0 Å². The maximum Gasteiger partial charge on any atom is 0.319 e. The lowest BCUT2D eigenvalue weighted by molar-refractivity contribution is 0.251. The molecule has 2 amide bonds. The Morgan fingerprint density at radius 3 is 2.42 bits per heavy atom. The highest BCUT2D eigenvalue weighted by Gasteiger charge is 2.03. The third-order valence-corrected chi connectivity index (χ3v) is 4.53. The van der Waals surface area contributed by atoms with Gasteiger partial charge in [-0.1, -0.05) is 40.2 Å². The molecule has 132 valence electrons. The maximum atomic E-state index is 12.0. The molecule has 0 spiro atoms. The standard InChI is InChI=1S/C20H19BrN4O/c21-19-6-2-1-5-16(19)14-23-17-7-9-18(10-8-17)25-20(26)24-13-15-4-3-11-22-12-15/h1-12,23H,13-14H2,(H2,24,25,26). The molecule has 0 fully saturated rings. The van der Waals surface area contributed by atoms with E-state index >= 15 is 0 Å². The molecule has 0 saturated heterocycles. The van der Waals surface area contributed by atoms with Crippen LogP contribution in [0.3, 0.4) is 0 Å². The molecule has 3 N–H and O–H groups in total. The number of nitrogens with one attached hydrogen (secondary N) is 3. The van der Waals surface area contributed by atoms with Crippen LogP contribution in [0.15, 0.2) is 77.5 Å². The zero-order chi connectivity index (χ0) is 18.2. The highest BCUT2D eigenvalue weighted by atomic mass is 79.9. The number of hydrogen-bond acceptors (Lipinski definition) is 3. The van der Waals surface area contributed by atoms with Crippen LogP contribution in [0.5, 0.6) is 0 Å². The fourth-order valence-corrected chi connectivity index (χ4v) is 2.80. The van der Waals surface area contributed by atoms with Crippen LogP contribution in [-0.4, -0.2) is 11.0 Å². The zero-order valence-electron chi connectivity index (χ0n) is 14.1. The number of carbonyl (C=O) groups is 1. The Morgan fingerprint density at radius 2 is 1.69 bits per heavy atom. The number of carbonyl (C=O) groups excluding carboxylic acids is 1. The first kappa shape index (κ1) is 17.9. The van der Waals surface area contributed by atoms with Gasteiger partial charge in [0.2, 0.25) is 0 Å². The van der Waals surface area contributed by atoms with E-state index in [2.05, 4.69) is 42.9 Å². The second-order valence-corrected chi connectivity index (χ2v) is 6.55. The molecule has 0 aliphatic carbocycles. The van der Waals surface area contributed by atoms with Crippen molar-refractivity contribution >= 4 is 33.3 Å². The second-order valence-electron chi connectivity index (χ2n) is 5.69. The van der Waals surface area contributed by atoms with Crippen molar-refractivity contribution < 1.29 is 4.79 Å². The van der Waals surface area contributed by atoms with Gasteiger partial charge in [-0.3, -0.25) is 4.98 Å². The lowest BCUT2D eigenvalue weighted by atomic mass is 10.2. The molecular weight excluding hydrogens is 392 g/mol. The number of hydrogen-bond donors (Lipinski definition) is 3. The Bertz CT molecular complexity index is 853. The summed E-state index contributed by atoms with van der Waals surface area (Å²) >= 11 is 3.54. The molecule has 6 heteroatoms. The Morgan fingerprint density at radius 1 is 0.923 bits per heavy atom. The predicted octanol–water partition coefficient (Wildman–Crippen LogP) is 4.78. The van der Waals surface area contributed by atoms with Crippen molar-refractivity contribution in [1.29, 1.82) is 0 Å².